The lowest BCUT2D eigenvalue weighted by atomic mass is 9.96. The minimum Gasteiger partial charge on any atom is -0.481 e. The number of carbonyl (C=O) groups excluding carboxylic acids is 1. The van der Waals surface area contributed by atoms with Gasteiger partial charge in [-0.05, 0) is 63.4 Å². The molecule has 1 fully saturated rings. The van der Waals surface area contributed by atoms with E-state index < -0.39 is 17.5 Å². The number of pyridine rings is 1. The van der Waals surface area contributed by atoms with E-state index in [-0.39, 0.29) is 5.92 Å². The fourth-order valence-electron chi connectivity index (χ4n) is 3.39. The summed E-state index contributed by atoms with van der Waals surface area (Å²) in [6.45, 7) is 6.66. The number of esters is 1. The molecule has 7 heteroatoms. The van der Waals surface area contributed by atoms with Gasteiger partial charge in [0.2, 0.25) is 0 Å². The van der Waals surface area contributed by atoms with Gasteiger partial charge in [-0.2, -0.15) is 0 Å². The van der Waals surface area contributed by atoms with Crippen LogP contribution >= 0.6 is 11.6 Å². The molecule has 0 amide bonds. The van der Waals surface area contributed by atoms with Crippen LogP contribution in [0, 0.1) is 5.92 Å². The topological polar surface area (TPSA) is 79.7 Å². The zero-order valence-corrected chi connectivity index (χ0v) is 17.6. The van der Waals surface area contributed by atoms with Gasteiger partial charge in [0.25, 0.3) is 0 Å². The van der Waals surface area contributed by atoms with Gasteiger partial charge in [-0.25, -0.2) is 9.78 Å². The summed E-state index contributed by atoms with van der Waals surface area (Å²) in [6.07, 6.45) is 2.87. The molecule has 0 aliphatic carbocycles. The number of aliphatic carboxylic acids is 1. The van der Waals surface area contributed by atoms with Crippen molar-refractivity contribution in [3.63, 3.8) is 0 Å². The monoisotopic (exact) mass is 416 g/mol. The number of halogens is 1. The average Bonchev–Trinajstić information content (AvgIpc) is 2.67. The van der Waals surface area contributed by atoms with Gasteiger partial charge in [0.1, 0.15) is 11.4 Å². The van der Waals surface area contributed by atoms with E-state index in [0.29, 0.717) is 36.5 Å². The van der Waals surface area contributed by atoms with Gasteiger partial charge in [0.15, 0.2) is 0 Å². The maximum atomic E-state index is 12.6. The number of hydrogen-bond donors (Lipinski definition) is 1. The van der Waals surface area contributed by atoms with E-state index in [1.807, 2.05) is 39.0 Å². The minimum atomic E-state index is -0.745. The first-order chi connectivity index (χ1) is 13.7. The van der Waals surface area contributed by atoms with Crippen LogP contribution in [0.25, 0.3) is 11.1 Å². The van der Waals surface area contributed by atoms with Crippen molar-refractivity contribution in [2.75, 3.05) is 18.0 Å². The number of nitrogens with zero attached hydrogens (tertiary/aromatic N) is 2. The number of hydrogen-bond acceptors (Lipinski definition) is 5. The Hall–Kier alpha value is -2.60. The fraction of sp³-hybridized carbons (Fsp3) is 0.409. The first-order valence-electron chi connectivity index (χ1n) is 9.62. The number of rotatable bonds is 4. The highest BCUT2D eigenvalue weighted by molar-refractivity contribution is 6.33. The van der Waals surface area contributed by atoms with Crippen molar-refractivity contribution in [3.05, 3.63) is 47.1 Å². The van der Waals surface area contributed by atoms with Crippen LogP contribution in [0.4, 0.5) is 5.82 Å². The Morgan fingerprint density at radius 3 is 2.52 bits per heavy atom. The summed E-state index contributed by atoms with van der Waals surface area (Å²) in [5.41, 5.74) is 1.35. The summed E-state index contributed by atoms with van der Waals surface area (Å²) in [6, 6.07) is 9.03. The SMILES string of the molecule is CC(C)(C)OC(=O)c1cc(-c2cccnc2N2CCC(C(=O)O)CC2)ccc1Cl. The van der Waals surface area contributed by atoms with Gasteiger partial charge >= 0.3 is 11.9 Å². The van der Waals surface area contributed by atoms with E-state index in [1.165, 1.54) is 0 Å². The molecule has 0 bridgehead atoms. The number of piperidine rings is 1. The summed E-state index contributed by atoms with van der Waals surface area (Å²) in [7, 11) is 0. The minimum absolute atomic E-state index is 0.304. The Bertz CT molecular complexity index is 915. The van der Waals surface area contributed by atoms with Gasteiger partial charge in [-0.15, -0.1) is 0 Å². The lowest BCUT2D eigenvalue weighted by molar-refractivity contribution is -0.142. The number of benzene rings is 1. The normalized spacial score (nSPS) is 15.2. The highest BCUT2D eigenvalue weighted by Crippen LogP contribution is 2.34. The Labute approximate surface area is 175 Å². The zero-order chi connectivity index (χ0) is 21.2. The summed E-state index contributed by atoms with van der Waals surface area (Å²) in [4.78, 5) is 30.4. The lowest BCUT2D eigenvalue weighted by Gasteiger charge is -2.32. The van der Waals surface area contributed by atoms with Crippen LogP contribution in [-0.4, -0.2) is 40.7 Å². The molecule has 154 valence electrons. The highest BCUT2D eigenvalue weighted by Gasteiger charge is 2.27. The third-order valence-electron chi connectivity index (χ3n) is 4.83. The van der Waals surface area contributed by atoms with Crippen LogP contribution in [-0.2, 0) is 9.53 Å². The van der Waals surface area contributed by atoms with E-state index >= 15 is 0 Å². The molecule has 6 nitrogen and oxygen atoms in total. The van der Waals surface area contributed by atoms with Crippen LogP contribution in [0.3, 0.4) is 0 Å². The second kappa shape index (κ2) is 8.41. The third-order valence-corrected chi connectivity index (χ3v) is 5.16. The second-order valence-corrected chi connectivity index (χ2v) is 8.58. The van der Waals surface area contributed by atoms with Crippen LogP contribution in [0.1, 0.15) is 44.0 Å². The quantitative estimate of drug-likeness (QED) is 0.730. The molecule has 3 rings (SSSR count). The summed E-state index contributed by atoms with van der Waals surface area (Å²) in [5.74, 6) is -0.760. The summed E-state index contributed by atoms with van der Waals surface area (Å²) in [5, 5.41) is 9.56. The Balaban J connectivity index is 1.91. The van der Waals surface area contributed by atoms with E-state index in [0.717, 1.165) is 16.9 Å². The van der Waals surface area contributed by atoms with Crippen molar-refractivity contribution in [3.8, 4) is 11.1 Å². The van der Waals surface area contributed by atoms with Gasteiger partial charge in [0.05, 0.1) is 16.5 Å². The summed E-state index contributed by atoms with van der Waals surface area (Å²) < 4.78 is 5.47. The molecule has 2 heterocycles. The predicted octanol–water partition coefficient (Wildman–Crippen LogP) is 4.66. The van der Waals surface area contributed by atoms with Crippen LogP contribution in [0.15, 0.2) is 36.5 Å². The third kappa shape index (κ3) is 5.07. The van der Waals surface area contributed by atoms with E-state index in [2.05, 4.69) is 9.88 Å². The smallest absolute Gasteiger partial charge is 0.340 e. The molecule has 1 saturated heterocycles. The molecule has 29 heavy (non-hydrogen) atoms. The van der Waals surface area contributed by atoms with Crippen LogP contribution < -0.4 is 4.90 Å². The number of carboxylic acid groups (broad SMARTS) is 1. The number of carboxylic acids is 1. The number of ether oxygens (including phenoxy) is 1. The number of carbonyl (C=O) groups is 2. The standard InChI is InChI=1S/C22H25ClN2O4/c1-22(2,3)29-21(28)17-13-15(6-7-18(17)23)16-5-4-10-24-19(16)25-11-8-14(9-12-25)20(26)27/h4-7,10,13-14H,8-9,11-12H2,1-3H3,(H,26,27). The van der Waals surface area contributed by atoms with Gasteiger partial charge in [0, 0.05) is 24.8 Å². The van der Waals surface area contributed by atoms with Crippen molar-refractivity contribution in [1.82, 2.24) is 4.98 Å². The van der Waals surface area contributed by atoms with Crippen molar-refractivity contribution >= 4 is 29.4 Å². The Morgan fingerprint density at radius 2 is 1.90 bits per heavy atom. The number of aromatic nitrogens is 1. The van der Waals surface area contributed by atoms with Crippen molar-refractivity contribution in [2.45, 2.75) is 39.2 Å². The van der Waals surface area contributed by atoms with Crippen LogP contribution in [0.2, 0.25) is 5.02 Å². The van der Waals surface area contributed by atoms with E-state index in [4.69, 9.17) is 16.3 Å². The molecule has 0 atom stereocenters. The highest BCUT2D eigenvalue weighted by atomic mass is 35.5. The molecule has 2 aromatic rings. The maximum Gasteiger partial charge on any atom is 0.340 e. The molecular weight excluding hydrogens is 392 g/mol. The molecule has 1 aromatic carbocycles. The van der Waals surface area contributed by atoms with Crippen molar-refractivity contribution < 1.29 is 19.4 Å². The number of anilines is 1. The molecule has 1 aromatic heterocycles. The Morgan fingerprint density at radius 1 is 1.21 bits per heavy atom. The lowest BCUT2D eigenvalue weighted by Crippen LogP contribution is -2.37. The fourth-order valence-corrected chi connectivity index (χ4v) is 3.59. The molecule has 0 spiro atoms. The van der Waals surface area contributed by atoms with Crippen molar-refractivity contribution in [1.29, 1.82) is 0 Å². The predicted molar refractivity (Wildman–Crippen MR) is 112 cm³/mol. The van der Waals surface area contributed by atoms with Gasteiger partial charge in [-0.1, -0.05) is 17.7 Å². The first-order valence-corrected chi connectivity index (χ1v) is 9.99. The largest absolute Gasteiger partial charge is 0.481 e. The summed E-state index contributed by atoms with van der Waals surface area (Å²) >= 11 is 6.26. The van der Waals surface area contributed by atoms with Gasteiger partial charge < -0.3 is 14.7 Å². The molecule has 1 N–H and O–H groups in total. The molecule has 0 radical (unpaired) electrons. The molecule has 0 unspecified atom stereocenters. The molecule has 1 aliphatic heterocycles. The molecule has 0 saturated carbocycles. The Kier molecular flexibility index (Phi) is 6.13. The first kappa shape index (κ1) is 21.1. The van der Waals surface area contributed by atoms with Crippen LogP contribution in [0.5, 0.6) is 0 Å². The maximum absolute atomic E-state index is 12.6. The second-order valence-electron chi connectivity index (χ2n) is 8.17. The van der Waals surface area contributed by atoms with E-state index in [9.17, 15) is 14.7 Å². The molecular formula is C22H25ClN2O4. The average molecular weight is 417 g/mol. The molecule has 1 aliphatic rings. The van der Waals surface area contributed by atoms with Crippen molar-refractivity contribution in [2.24, 2.45) is 5.92 Å². The van der Waals surface area contributed by atoms with Gasteiger partial charge in [-0.3, -0.25) is 4.79 Å². The van der Waals surface area contributed by atoms with E-state index in [1.54, 1.807) is 18.3 Å². The zero-order valence-electron chi connectivity index (χ0n) is 16.8.